The van der Waals surface area contributed by atoms with Gasteiger partial charge in [0.2, 0.25) is 5.91 Å². The smallest absolute Gasteiger partial charge is 0.241 e. The van der Waals surface area contributed by atoms with Crippen LogP contribution in [0.1, 0.15) is 5.56 Å². The van der Waals surface area contributed by atoms with Gasteiger partial charge in [0.15, 0.2) is 0 Å². The number of aromatic hydroxyl groups is 1. The number of hydrogen-bond acceptors (Lipinski definition) is 4. The van der Waals surface area contributed by atoms with Crippen molar-refractivity contribution in [3.63, 3.8) is 0 Å². The van der Waals surface area contributed by atoms with Crippen molar-refractivity contribution in [1.29, 1.82) is 0 Å². The average molecular weight is 246 g/mol. The normalized spacial score (nSPS) is 10.2. The minimum Gasteiger partial charge on any atom is -0.508 e. The van der Waals surface area contributed by atoms with E-state index in [-0.39, 0.29) is 18.2 Å². The SMILES string of the molecule is O=C(Cn1ccnn1)NCCc1ccc(O)cc1. The van der Waals surface area contributed by atoms with Crippen LogP contribution in [0.25, 0.3) is 0 Å². The highest BCUT2D eigenvalue weighted by molar-refractivity contribution is 5.75. The minimum atomic E-state index is -0.0979. The Morgan fingerprint density at radius 3 is 2.78 bits per heavy atom. The first-order chi connectivity index (χ1) is 8.74. The Bertz CT molecular complexity index is 493. The van der Waals surface area contributed by atoms with Gasteiger partial charge in [0, 0.05) is 12.7 Å². The lowest BCUT2D eigenvalue weighted by atomic mass is 10.1. The Hall–Kier alpha value is -2.37. The molecular formula is C12H14N4O2. The number of carbonyl (C=O) groups excluding carboxylic acids is 1. The topological polar surface area (TPSA) is 80.0 Å². The Labute approximate surface area is 104 Å². The number of nitrogens with zero attached hydrogens (tertiary/aromatic N) is 3. The van der Waals surface area contributed by atoms with Crippen molar-refractivity contribution in [2.75, 3.05) is 6.54 Å². The van der Waals surface area contributed by atoms with Crippen molar-refractivity contribution in [1.82, 2.24) is 20.3 Å². The molecule has 94 valence electrons. The number of hydrogen-bond donors (Lipinski definition) is 2. The van der Waals surface area contributed by atoms with Gasteiger partial charge in [-0.25, -0.2) is 4.68 Å². The number of benzene rings is 1. The Kier molecular flexibility index (Phi) is 3.90. The Morgan fingerprint density at radius 1 is 1.33 bits per heavy atom. The van der Waals surface area contributed by atoms with Gasteiger partial charge >= 0.3 is 0 Å². The molecule has 2 N–H and O–H groups in total. The molecule has 0 unspecified atom stereocenters. The van der Waals surface area contributed by atoms with E-state index < -0.39 is 0 Å². The maximum Gasteiger partial charge on any atom is 0.241 e. The molecule has 6 heteroatoms. The molecule has 6 nitrogen and oxygen atoms in total. The van der Waals surface area contributed by atoms with Crippen LogP contribution in [-0.2, 0) is 17.8 Å². The van der Waals surface area contributed by atoms with E-state index in [0.29, 0.717) is 6.54 Å². The highest BCUT2D eigenvalue weighted by Gasteiger charge is 2.02. The molecular weight excluding hydrogens is 232 g/mol. The summed E-state index contributed by atoms with van der Waals surface area (Å²) in [6.07, 6.45) is 3.90. The van der Waals surface area contributed by atoms with E-state index in [4.69, 9.17) is 5.11 Å². The number of amides is 1. The largest absolute Gasteiger partial charge is 0.508 e. The second-order valence-corrected chi connectivity index (χ2v) is 3.87. The second kappa shape index (κ2) is 5.81. The lowest BCUT2D eigenvalue weighted by molar-refractivity contribution is -0.121. The summed E-state index contributed by atoms with van der Waals surface area (Å²) in [6, 6.07) is 6.93. The van der Waals surface area contributed by atoms with Crippen molar-refractivity contribution in [2.24, 2.45) is 0 Å². The molecule has 0 aliphatic carbocycles. The second-order valence-electron chi connectivity index (χ2n) is 3.87. The van der Waals surface area contributed by atoms with Crippen LogP contribution in [0.5, 0.6) is 5.75 Å². The van der Waals surface area contributed by atoms with Crippen LogP contribution in [0.2, 0.25) is 0 Å². The van der Waals surface area contributed by atoms with E-state index in [1.165, 1.54) is 10.9 Å². The van der Waals surface area contributed by atoms with Crippen LogP contribution in [0, 0.1) is 0 Å². The molecule has 0 fully saturated rings. The molecule has 0 bridgehead atoms. The molecule has 1 heterocycles. The van der Waals surface area contributed by atoms with Gasteiger partial charge in [-0.1, -0.05) is 17.3 Å². The molecule has 0 aliphatic heterocycles. The Morgan fingerprint density at radius 2 is 2.11 bits per heavy atom. The first kappa shape index (κ1) is 12.1. The summed E-state index contributed by atoms with van der Waals surface area (Å²) in [6.45, 7) is 0.730. The number of phenols is 1. The Balaban J connectivity index is 1.72. The molecule has 0 aliphatic rings. The van der Waals surface area contributed by atoms with Gasteiger partial charge in [0.05, 0.1) is 6.20 Å². The molecule has 1 aromatic heterocycles. The lowest BCUT2D eigenvalue weighted by Crippen LogP contribution is -2.29. The van der Waals surface area contributed by atoms with Crippen LogP contribution in [0.4, 0.5) is 0 Å². The lowest BCUT2D eigenvalue weighted by Gasteiger charge is -2.05. The standard InChI is InChI=1S/C12H14N4O2/c17-11-3-1-10(2-4-11)5-6-13-12(18)9-16-8-7-14-15-16/h1-4,7-8,17H,5-6,9H2,(H,13,18). The maximum atomic E-state index is 11.5. The van der Waals surface area contributed by atoms with Crippen LogP contribution in [0.3, 0.4) is 0 Å². The fourth-order valence-electron chi connectivity index (χ4n) is 1.53. The van der Waals surface area contributed by atoms with Crippen LogP contribution >= 0.6 is 0 Å². The zero-order chi connectivity index (χ0) is 12.8. The summed E-state index contributed by atoms with van der Waals surface area (Å²) in [5.74, 6) is 0.147. The summed E-state index contributed by atoms with van der Waals surface area (Å²) in [5.41, 5.74) is 1.06. The molecule has 0 saturated heterocycles. The van der Waals surface area contributed by atoms with Gasteiger partial charge in [0.1, 0.15) is 12.3 Å². The van der Waals surface area contributed by atoms with E-state index in [2.05, 4.69) is 15.6 Å². The van der Waals surface area contributed by atoms with E-state index >= 15 is 0 Å². The average Bonchev–Trinajstić information content (AvgIpc) is 2.84. The number of phenolic OH excluding ortho intramolecular Hbond substituents is 1. The molecule has 18 heavy (non-hydrogen) atoms. The first-order valence-electron chi connectivity index (χ1n) is 5.63. The molecule has 2 rings (SSSR count). The third kappa shape index (κ3) is 3.58. The van der Waals surface area contributed by atoms with E-state index in [9.17, 15) is 4.79 Å². The molecule has 0 spiro atoms. The van der Waals surface area contributed by atoms with E-state index in [1.54, 1.807) is 18.3 Å². The summed E-state index contributed by atoms with van der Waals surface area (Å²) < 4.78 is 1.47. The fraction of sp³-hybridized carbons (Fsp3) is 0.250. The van der Waals surface area contributed by atoms with Gasteiger partial charge in [-0.15, -0.1) is 5.10 Å². The summed E-state index contributed by atoms with van der Waals surface area (Å²) >= 11 is 0. The van der Waals surface area contributed by atoms with Gasteiger partial charge in [-0.05, 0) is 24.1 Å². The molecule has 0 saturated carbocycles. The van der Waals surface area contributed by atoms with Crippen LogP contribution in [-0.4, -0.2) is 32.6 Å². The molecule has 2 aromatic rings. The van der Waals surface area contributed by atoms with Crippen molar-refractivity contribution in [3.8, 4) is 5.75 Å². The maximum absolute atomic E-state index is 11.5. The zero-order valence-corrected chi connectivity index (χ0v) is 9.78. The quantitative estimate of drug-likeness (QED) is 0.797. The van der Waals surface area contributed by atoms with E-state index in [1.807, 2.05) is 12.1 Å². The highest BCUT2D eigenvalue weighted by atomic mass is 16.3. The van der Waals surface area contributed by atoms with Crippen LogP contribution in [0.15, 0.2) is 36.7 Å². The van der Waals surface area contributed by atoms with Gasteiger partial charge in [-0.2, -0.15) is 0 Å². The molecule has 0 radical (unpaired) electrons. The molecule has 0 atom stereocenters. The predicted octanol–water partition coefficient (Wildman–Crippen LogP) is 0.343. The molecule has 1 aromatic carbocycles. The van der Waals surface area contributed by atoms with Crippen molar-refractivity contribution in [2.45, 2.75) is 13.0 Å². The third-order valence-electron chi connectivity index (χ3n) is 2.45. The van der Waals surface area contributed by atoms with Gasteiger partial charge in [0.25, 0.3) is 0 Å². The first-order valence-corrected chi connectivity index (χ1v) is 5.63. The summed E-state index contributed by atoms with van der Waals surface area (Å²) in [5, 5.41) is 19.3. The minimum absolute atomic E-state index is 0.0979. The zero-order valence-electron chi connectivity index (χ0n) is 9.78. The summed E-state index contributed by atoms with van der Waals surface area (Å²) in [4.78, 5) is 11.5. The predicted molar refractivity (Wildman–Crippen MR) is 64.8 cm³/mol. The highest BCUT2D eigenvalue weighted by Crippen LogP contribution is 2.09. The summed E-state index contributed by atoms with van der Waals surface area (Å²) in [7, 11) is 0. The number of nitrogens with one attached hydrogen (secondary N) is 1. The van der Waals surface area contributed by atoms with Gasteiger partial charge in [-0.3, -0.25) is 4.79 Å². The van der Waals surface area contributed by atoms with E-state index in [0.717, 1.165) is 12.0 Å². The van der Waals surface area contributed by atoms with Crippen molar-refractivity contribution >= 4 is 5.91 Å². The third-order valence-corrected chi connectivity index (χ3v) is 2.45. The number of carbonyl (C=O) groups is 1. The number of rotatable bonds is 5. The van der Waals surface area contributed by atoms with Crippen molar-refractivity contribution in [3.05, 3.63) is 42.2 Å². The number of aromatic nitrogens is 3. The van der Waals surface area contributed by atoms with Gasteiger partial charge < -0.3 is 10.4 Å². The fourth-order valence-corrected chi connectivity index (χ4v) is 1.53. The monoisotopic (exact) mass is 246 g/mol. The van der Waals surface area contributed by atoms with Crippen LogP contribution < -0.4 is 5.32 Å². The molecule has 1 amide bonds. The van der Waals surface area contributed by atoms with Crippen molar-refractivity contribution < 1.29 is 9.90 Å².